The quantitative estimate of drug-likeness (QED) is 0.439. The Hall–Kier alpha value is -0.640. The Morgan fingerprint density at radius 3 is 1.28 bits per heavy atom. The van der Waals surface area contributed by atoms with Crippen LogP contribution in [-0.2, 0) is 0 Å². The van der Waals surface area contributed by atoms with Gasteiger partial charge in [-0.05, 0) is 52.0 Å². The fourth-order valence-electron chi connectivity index (χ4n) is 1.63. The van der Waals surface area contributed by atoms with Gasteiger partial charge in [0, 0.05) is 28.9 Å². The molecule has 3 aromatic rings. The summed E-state index contributed by atoms with van der Waals surface area (Å²) in [4.78, 5) is 5.64. The first-order valence-corrected chi connectivity index (χ1v) is 7.99. The lowest BCUT2D eigenvalue weighted by molar-refractivity contribution is 1.61. The lowest BCUT2D eigenvalue weighted by Crippen LogP contribution is -1.49. The van der Waals surface area contributed by atoms with Crippen LogP contribution >= 0.6 is 34.0 Å². The first kappa shape index (κ1) is 15.4. The second-order valence-corrected chi connectivity index (χ2v) is 8.17. The average Bonchev–Trinajstić information content (AvgIpc) is 2.82. The van der Waals surface area contributed by atoms with Crippen molar-refractivity contribution in [3.05, 3.63) is 43.8 Å². The molecule has 0 saturated heterocycles. The molecular formula is C15H20S3. The molecule has 0 aromatic carbocycles. The molecule has 0 atom stereocenters. The lowest BCUT2D eigenvalue weighted by atomic mass is 10.4. The summed E-state index contributed by atoms with van der Waals surface area (Å²) >= 11 is 5.61. The Balaban J connectivity index is 0.000000181. The molecule has 0 aliphatic heterocycles. The minimum Gasteiger partial charge on any atom is -0.146 e. The van der Waals surface area contributed by atoms with E-state index in [1.54, 1.807) is 0 Å². The molecule has 0 unspecified atom stereocenters. The standard InChI is InChI=1S/C8H8S2.C6H8S.CH4/c1-5-3-7-8(9-5)4-6(2)10-7;1-5-3-4-6(2)7-5;/h3-4H,1-2H3;3-4H,1-2H3;1H4. The normalized spacial score (nSPS) is 9.78. The van der Waals surface area contributed by atoms with Gasteiger partial charge in [0.25, 0.3) is 0 Å². The third-order valence-electron chi connectivity index (χ3n) is 2.33. The maximum Gasteiger partial charge on any atom is 0.0456 e. The van der Waals surface area contributed by atoms with Crippen molar-refractivity contribution in [2.75, 3.05) is 0 Å². The summed E-state index contributed by atoms with van der Waals surface area (Å²) in [7, 11) is 0. The average molecular weight is 297 g/mol. The van der Waals surface area contributed by atoms with Gasteiger partial charge in [0.15, 0.2) is 0 Å². The van der Waals surface area contributed by atoms with Gasteiger partial charge >= 0.3 is 0 Å². The highest BCUT2D eigenvalue weighted by Crippen LogP contribution is 2.31. The number of aryl methyl sites for hydroxylation is 4. The van der Waals surface area contributed by atoms with E-state index in [0.717, 1.165) is 0 Å². The van der Waals surface area contributed by atoms with Gasteiger partial charge in [0.1, 0.15) is 0 Å². The van der Waals surface area contributed by atoms with Crippen molar-refractivity contribution in [1.29, 1.82) is 0 Å². The smallest absolute Gasteiger partial charge is 0.0456 e. The molecule has 0 nitrogen and oxygen atoms in total. The SMILES string of the molecule is C.Cc1cc2sc(C)cc2s1.Cc1ccc(C)s1. The van der Waals surface area contributed by atoms with E-state index in [-0.39, 0.29) is 7.43 Å². The van der Waals surface area contributed by atoms with E-state index in [9.17, 15) is 0 Å². The molecule has 0 radical (unpaired) electrons. The summed E-state index contributed by atoms with van der Waals surface area (Å²) in [6, 6.07) is 8.80. The molecule has 0 aliphatic rings. The van der Waals surface area contributed by atoms with Crippen molar-refractivity contribution in [2.45, 2.75) is 35.1 Å². The van der Waals surface area contributed by atoms with Gasteiger partial charge in [-0.15, -0.1) is 34.0 Å². The van der Waals surface area contributed by atoms with Crippen LogP contribution in [0.3, 0.4) is 0 Å². The van der Waals surface area contributed by atoms with Gasteiger partial charge in [-0.3, -0.25) is 0 Å². The zero-order valence-electron chi connectivity index (χ0n) is 10.5. The van der Waals surface area contributed by atoms with E-state index in [1.807, 2.05) is 34.0 Å². The zero-order valence-corrected chi connectivity index (χ0v) is 13.0. The van der Waals surface area contributed by atoms with Crippen molar-refractivity contribution in [2.24, 2.45) is 0 Å². The molecule has 0 aliphatic carbocycles. The summed E-state index contributed by atoms with van der Waals surface area (Å²) < 4.78 is 2.89. The molecule has 0 saturated carbocycles. The Morgan fingerprint density at radius 2 is 1.00 bits per heavy atom. The van der Waals surface area contributed by atoms with Crippen LogP contribution in [0.4, 0.5) is 0 Å². The van der Waals surface area contributed by atoms with Crippen LogP contribution in [0.2, 0.25) is 0 Å². The Labute approximate surface area is 122 Å². The van der Waals surface area contributed by atoms with Crippen molar-refractivity contribution < 1.29 is 0 Å². The molecule has 3 heteroatoms. The van der Waals surface area contributed by atoms with Gasteiger partial charge < -0.3 is 0 Å². The second-order valence-electron chi connectivity index (χ2n) is 4.10. The number of rotatable bonds is 0. The maximum absolute atomic E-state index is 2.26. The molecule has 0 bridgehead atoms. The van der Waals surface area contributed by atoms with Crippen LogP contribution in [-0.4, -0.2) is 0 Å². The topological polar surface area (TPSA) is 0 Å². The van der Waals surface area contributed by atoms with Crippen LogP contribution in [0.1, 0.15) is 26.9 Å². The maximum atomic E-state index is 2.26. The second kappa shape index (κ2) is 6.50. The fraction of sp³-hybridized carbons (Fsp3) is 0.333. The zero-order chi connectivity index (χ0) is 12.4. The van der Waals surface area contributed by atoms with Crippen molar-refractivity contribution in [1.82, 2.24) is 0 Å². The molecule has 0 amide bonds. The number of hydrogen-bond acceptors (Lipinski definition) is 3. The highest BCUT2D eigenvalue weighted by molar-refractivity contribution is 7.27. The van der Waals surface area contributed by atoms with Gasteiger partial charge in [0.05, 0.1) is 0 Å². The first-order valence-electron chi connectivity index (χ1n) is 5.54. The summed E-state index contributed by atoms with van der Waals surface area (Å²) in [5, 5.41) is 0. The minimum absolute atomic E-state index is 0. The van der Waals surface area contributed by atoms with Gasteiger partial charge in [0.2, 0.25) is 0 Å². The van der Waals surface area contributed by atoms with Crippen LogP contribution in [0.5, 0.6) is 0 Å². The van der Waals surface area contributed by atoms with Crippen molar-refractivity contribution >= 4 is 43.4 Å². The van der Waals surface area contributed by atoms with E-state index >= 15 is 0 Å². The molecule has 0 fully saturated rings. The molecule has 18 heavy (non-hydrogen) atoms. The molecule has 98 valence electrons. The fourth-order valence-corrected chi connectivity index (χ4v) is 4.65. The summed E-state index contributed by atoms with van der Waals surface area (Å²) in [5.74, 6) is 0. The van der Waals surface area contributed by atoms with Crippen molar-refractivity contribution in [3.63, 3.8) is 0 Å². The highest BCUT2D eigenvalue weighted by Gasteiger charge is 2.00. The molecular weight excluding hydrogens is 276 g/mol. The van der Waals surface area contributed by atoms with Gasteiger partial charge in [-0.2, -0.15) is 0 Å². The monoisotopic (exact) mass is 296 g/mol. The first-order chi connectivity index (χ1) is 8.04. The largest absolute Gasteiger partial charge is 0.146 e. The van der Waals surface area contributed by atoms with Crippen LogP contribution in [0.25, 0.3) is 9.40 Å². The van der Waals surface area contributed by atoms with Gasteiger partial charge in [-0.1, -0.05) is 7.43 Å². The van der Waals surface area contributed by atoms with E-state index in [0.29, 0.717) is 0 Å². The van der Waals surface area contributed by atoms with Crippen LogP contribution in [0, 0.1) is 27.7 Å². The lowest BCUT2D eigenvalue weighted by Gasteiger charge is -1.74. The molecule has 3 heterocycles. The summed E-state index contributed by atoms with van der Waals surface area (Å²) in [6.45, 7) is 8.56. The van der Waals surface area contributed by atoms with E-state index in [1.165, 1.54) is 28.9 Å². The summed E-state index contributed by atoms with van der Waals surface area (Å²) in [6.07, 6.45) is 0. The Morgan fingerprint density at radius 1 is 0.611 bits per heavy atom. The molecule has 0 spiro atoms. The van der Waals surface area contributed by atoms with Crippen molar-refractivity contribution in [3.8, 4) is 0 Å². The Kier molecular flexibility index (Phi) is 5.57. The predicted molar refractivity (Wildman–Crippen MR) is 89.7 cm³/mol. The molecule has 3 rings (SSSR count). The van der Waals surface area contributed by atoms with Gasteiger partial charge in [-0.25, -0.2) is 0 Å². The third kappa shape index (κ3) is 3.94. The predicted octanol–water partition coefficient (Wildman–Crippen LogP) is 6.58. The van der Waals surface area contributed by atoms with Crippen LogP contribution < -0.4 is 0 Å². The van der Waals surface area contributed by atoms with E-state index < -0.39 is 0 Å². The number of hydrogen-bond donors (Lipinski definition) is 0. The van der Waals surface area contributed by atoms with Crippen LogP contribution in [0.15, 0.2) is 24.3 Å². The molecule has 0 N–H and O–H groups in total. The number of fused-ring (bicyclic) bond motifs is 1. The summed E-state index contributed by atoms with van der Waals surface area (Å²) in [5.41, 5.74) is 0. The van der Waals surface area contributed by atoms with E-state index in [4.69, 9.17) is 0 Å². The van der Waals surface area contributed by atoms with E-state index in [2.05, 4.69) is 52.0 Å². The molecule has 3 aromatic heterocycles. The number of thiophene rings is 3. The Bertz CT molecular complexity index is 531. The third-order valence-corrected chi connectivity index (χ3v) is 5.37. The minimum atomic E-state index is 0. The highest BCUT2D eigenvalue weighted by atomic mass is 32.1.